The highest BCUT2D eigenvalue weighted by molar-refractivity contribution is 9.10. The fourth-order valence-electron chi connectivity index (χ4n) is 2.26. The van der Waals surface area contributed by atoms with Crippen molar-refractivity contribution in [3.05, 3.63) is 52.3 Å². The highest BCUT2D eigenvalue weighted by Gasteiger charge is 2.17. The Kier molecular flexibility index (Phi) is 5.92. The second-order valence-electron chi connectivity index (χ2n) is 5.30. The number of hydrogen-bond acceptors (Lipinski definition) is 3. The number of rotatable bonds is 7. The summed E-state index contributed by atoms with van der Waals surface area (Å²) < 4.78 is 2.57. The van der Waals surface area contributed by atoms with E-state index in [1.54, 1.807) is 10.9 Å². The van der Waals surface area contributed by atoms with Crippen molar-refractivity contribution in [2.75, 3.05) is 6.54 Å². The first kappa shape index (κ1) is 17.2. The van der Waals surface area contributed by atoms with Gasteiger partial charge in [-0.2, -0.15) is 5.10 Å². The van der Waals surface area contributed by atoms with Gasteiger partial charge in [0.25, 0.3) is 0 Å². The minimum Gasteiger partial charge on any atom is -0.480 e. The van der Waals surface area contributed by atoms with Crippen LogP contribution in [0, 0.1) is 0 Å². The molecule has 1 aromatic heterocycles. The lowest BCUT2D eigenvalue weighted by Gasteiger charge is -2.21. The average Bonchev–Trinajstić information content (AvgIpc) is 2.89. The molecular weight excluding hydrogens is 362 g/mol. The molecular formula is C16H18BrN3O3. The Hall–Kier alpha value is -2.15. The Morgan fingerprint density at radius 1 is 1.35 bits per heavy atom. The SMILES string of the molecule is Cn1cc(CCC(=O)N(CC(=O)O)Cc2cccc(Br)c2)cn1. The number of carbonyl (C=O) groups is 2. The molecule has 0 atom stereocenters. The molecule has 1 amide bonds. The number of aryl methyl sites for hydroxylation is 2. The summed E-state index contributed by atoms with van der Waals surface area (Å²) in [6, 6.07) is 7.49. The Labute approximate surface area is 142 Å². The van der Waals surface area contributed by atoms with Gasteiger partial charge in [-0.25, -0.2) is 0 Å². The molecule has 23 heavy (non-hydrogen) atoms. The van der Waals surface area contributed by atoms with Gasteiger partial charge in [-0.05, 0) is 29.7 Å². The van der Waals surface area contributed by atoms with E-state index in [2.05, 4.69) is 21.0 Å². The van der Waals surface area contributed by atoms with Gasteiger partial charge in [0.2, 0.25) is 5.91 Å². The van der Waals surface area contributed by atoms with Gasteiger partial charge in [-0.1, -0.05) is 28.1 Å². The molecule has 6 nitrogen and oxygen atoms in total. The van der Waals surface area contributed by atoms with Crippen molar-refractivity contribution in [2.45, 2.75) is 19.4 Å². The summed E-state index contributed by atoms with van der Waals surface area (Å²) in [6.07, 6.45) is 4.36. The Morgan fingerprint density at radius 3 is 2.74 bits per heavy atom. The van der Waals surface area contributed by atoms with Crippen LogP contribution in [-0.2, 0) is 29.6 Å². The number of carbonyl (C=O) groups excluding carboxylic acids is 1. The van der Waals surface area contributed by atoms with E-state index in [0.717, 1.165) is 15.6 Å². The van der Waals surface area contributed by atoms with E-state index in [-0.39, 0.29) is 25.4 Å². The molecule has 0 bridgehead atoms. The lowest BCUT2D eigenvalue weighted by molar-refractivity contribution is -0.144. The van der Waals surface area contributed by atoms with Gasteiger partial charge < -0.3 is 10.0 Å². The summed E-state index contributed by atoms with van der Waals surface area (Å²) in [6.45, 7) is -0.0317. The number of nitrogens with zero attached hydrogens (tertiary/aromatic N) is 3. The van der Waals surface area contributed by atoms with E-state index >= 15 is 0 Å². The predicted octanol–water partition coefficient (Wildman–Crippen LogP) is 2.23. The van der Waals surface area contributed by atoms with Crippen LogP contribution in [-0.4, -0.2) is 38.2 Å². The van der Waals surface area contributed by atoms with Crippen molar-refractivity contribution in [1.82, 2.24) is 14.7 Å². The van der Waals surface area contributed by atoms with Crippen LogP contribution in [0.15, 0.2) is 41.1 Å². The Balaban J connectivity index is 2.01. The van der Waals surface area contributed by atoms with E-state index in [1.165, 1.54) is 4.90 Å². The standard InChI is InChI=1S/C16H18BrN3O3/c1-19-9-13(8-18-19)5-6-15(21)20(11-16(22)23)10-12-3-2-4-14(17)7-12/h2-4,7-9H,5-6,10-11H2,1H3,(H,22,23). The molecule has 0 fully saturated rings. The van der Waals surface area contributed by atoms with Crippen LogP contribution in [0.3, 0.4) is 0 Å². The zero-order valence-electron chi connectivity index (χ0n) is 12.8. The zero-order chi connectivity index (χ0) is 16.8. The molecule has 0 aliphatic rings. The second-order valence-corrected chi connectivity index (χ2v) is 6.21. The smallest absolute Gasteiger partial charge is 0.323 e. The number of benzene rings is 1. The van der Waals surface area contributed by atoms with Crippen molar-refractivity contribution in [1.29, 1.82) is 0 Å². The number of amides is 1. The largest absolute Gasteiger partial charge is 0.480 e. The van der Waals surface area contributed by atoms with Crippen LogP contribution in [0.1, 0.15) is 17.5 Å². The molecule has 122 valence electrons. The molecule has 0 unspecified atom stereocenters. The normalized spacial score (nSPS) is 10.5. The van der Waals surface area contributed by atoms with Gasteiger partial charge in [0, 0.05) is 30.7 Å². The molecule has 0 spiro atoms. The number of carboxylic acid groups (broad SMARTS) is 1. The predicted molar refractivity (Wildman–Crippen MR) is 88.7 cm³/mol. The Bertz CT molecular complexity index is 699. The van der Waals surface area contributed by atoms with Gasteiger partial charge in [-0.3, -0.25) is 14.3 Å². The third-order valence-electron chi connectivity index (χ3n) is 3.33. The van der Waals surface area contributed by atoms with E-state index < -0.39 is 5.97 Å². The van der Waals surface area contributed by atoms with Crippen LogP contribution in [0.4, 0.5) is 0 Å². The third kappa shape index (κ3) is 5.52. The fraction of sp³-hybridized carbons (Fsp3) is 0.312. The van der Waals surface area contributed by atoms with Crippen molar-refractivity contribution in [2.24, 2.45) is 7.05 Å². The maximum Gasteiger partial charge on any atom is 0.323 e. The van der Waals surface area contributed by atoms with E-state index in [1.807, 2.05) is 37.5 Å². The van der Waals surface area contributed by atoms with Crippen LogP contribution < -0.4 is 0 Å². The van der Waals surface area contributed by atoms with Crippen LogP contribution in [0.2, 0.25) is 0 Å². The molecule has 0 saturated carbocycles. The highest BCUT2D eigenvalue weighted by Crippen LogP contribution is 2.14. The maximum absolute atomic E-state index is 12.4. The highest BCUT2D eigenvalue weighted by atomic mass is 79.9. The van der Waals surface area contributed by atoms with Crippen LogP contribution in [0.25, 0.3) is 0 Å². The van der Waals surface area contributed by atoms with Gasteiger partial charge >= 0.3 is 5.97 Å². The molecule has 0 saturated heterocycles. The molecule has 1 heterocycles. The second kappa shape index (κ2) is 7.92. The van der Waals surface area contributed by atoms with Crippen molar-refractivity contribution < 1.29 is 14.7 Å². The van der Waals surface area contributed by atoms with Crippen molar-refractivity contribution >= 4 is 27.8 Å². The van der Waals surface area contributed by atoms with Gasteiger partial charge in [0.15, 0.2) is 0 Å². The molecule has 1 aromatic carbocycles. The molecule has 7 heteroatoms. The minimum absolute atomic E-state index is 0.184. The molecule has 0 radical (unpaired) electrons. The maximum atomic E-state index is 12.4. The monoisotopic (exact) mass is 379 g/mol. The molecule has 2 aromatic rings. The summed E-state index contributed by atoms with van der Waals surface area (Å²) in [5, 5.41) is 13.1. The first-order valence-electron chi connectivity index (χ1n) is 7.15. The average molecular weight is 380 g/mol. The van der Waals surface area contributed by atoms with Crippen LogP contribution in [0.5, 0.6) is 0 Å². The van der Waals surface area contributed by atoms with E-state index in [9.17, 15) is 9.59 Å². The number of aromatic nitrogens is 2. The third-order valence-corrected chi connectivity index (χ3v) is 3.82. The first-order valence-corrected chi connectivity index (χ1v) is 7.95. The number of hydrogen-bond donors (Lipinski definition) is 1. The zero-order valence-corrected chi connectivity index (χ0v) is 14.4. The van der Waals surface area contributed by atoms with Crippen molar-refractivity contribution in [3.8, 4) is 0 Å². The van der Waals surface area contributed by atoms with E-state index in [0.29, 0.717) is 6.42 Å². The Morgan fingerprint density at radius 2 is 2.13 bits per heavy atom. The topological polar surface area (TPSA) is 75.4 Å². The fourth-order valence-corrected chi connectivity index (χ4v) is 2.71. The quantitative estimate of drug-likeness (QED) is 0.800. The summed E-state index contributed by atoms with van der Waals surface area (Å²) in [5.41, 5.74) is 1.84. The van der Waals surface area contributed by atoms with E-state index in [4.69, 9.17) is 5.11 Å². The summed E-state index contributed by atoms with van der Waals surface area (Å²) >= 11 is 3.37. The van der Waals surface area contributed by atoms with Crippen LogP contribution >= 0.6 is 15.9 Å². The molecule has 0 aliphatic heterocycles. The van der Waals surface area contributed by atoms with Gasteiger partial charge in [0.05, 0.1) is 6.20 Å². The lowest BCUT2D eigenvalue weighted by atomic mass is 10.1. The van der Waals surface area contributed by atoms with Gasteiger partial charge in [-0.15, -0.1) is 0 Å². The summed E-state index contributed by atoms with van der Waals surface area (Å²) in [5.74, 6) is -1.20. The minimum atomic E-state index is -1.02. The van der Waals surface area contributed by atoms with Gasteiger partial charge in [0.1, 0.15) is 6.54 Å². The first-order chi connectivity index (χ1) is 10.9. The van der Waals surface area contributed by atoms with Crippen molar-refractivity contribution in [3.63, 3.8) is 0 Å². The lowest BCUT2D eigenvalue weighted by Crippen LogP contribution is -2.35. The molecule has 0 aliphatic carbocycles. The number of halogens is 1. The molecule has 2 rings (SSSR count). The number of carboxylic acids is 1. The molecule has 1 N–H and O–H groups in total. The summed E-state index contributed by atoms with van der Waals surface area (Å²) in [4.78, 5) is 24.8. The summed E-state index contributed by atoms with van der Waals surface area (Å²) in [7, 11) is 1.81. The number of aliphatic carboxylic acids is 1.